The Bertz CT molecular complexity index is 708. The SMILES string of the molecule is CCC(C)CN(C)S(=O)(=O)c1c(N)nc2ccccn12. The summed E-state index contributed by atoms with van der Waals surface area (Å²) in [6.07, 6.45) is 2.57. The minimum absolute atomic E-state index is 0.0344. The molecule has 0 fully saturated rings. The number of pyridine rings is 1. The standard InChI is InChI=1S/C13H20N4O2S/c1-4-10(2)9-16(3)20(18,19)13-12(14)15-11-7-5-6-8-17(11)13/h5-8,10H,4,9,14H2,1-3H3. The molecule has 0 saturated carbocycles. The number of nitrogens with two attached hydrogens (primary N) is 1. The summed E-state index contributed by atoms with van der Waals surface area (Å²) in [6.45, 7) is 4.51. The van der Waals surface area contributed by atoms with Crippen LogP contribution in [0.1, 0.15) is 20.3 Å². The number of imidazole rings is 1. The van der Waals surface area contributed by atoms with Crippen LogP contribution in [0, 0.1) is 5.92 Å². The van der Waals surface area contributed by atoms with Crippen LogP contribution in [0.2, 0.25) is 0 Å². The number of nitrogen functional groups attached to an aromatic ring is 1. The van der Waals surface area contributed by atoms with Crippen LogP contribution in [0.4, 0.5) is 5.82 Å². The molecule has 0 aromatic carbocycles. The Hall–Kier alpha value is -1.60. The second-order valence-corrected chi connectivity index (χ2v) is 6.99. The van der Waals surface area contributed by atoms with Gasteiger partial charge in [0.1, 0.15) is 5.65 Å². The van der Waals surface area contributed by atoms with Gasteiger partial charge in [-0.3, -0.25) is 4.40 Å². The van der Waals surface area contributed by atoms with Gasteiger partial charge in [-0.1, -0.05) is 26.3 Å². The number of anilines is 1. The highest BCUT2D eigenvalue weighted by Crippen LogP contribution is 2.23. The Labute approximate surface area is 119 Å². The van der Waals surface area contributed by atoms with Crippen LogP contribution in [0.25, 0.3) is 5.65 Å². The van der Waals surface area contributed by atoms with E-state index in [2.05, 4.69) is 4.98 Å². The molecule has 0 amide bonds. The average Bonchev–Trinajstić information content (AvgIpc) is 2.74. The highest BCUT2D eigenvalue weighted by Gasteiger charge is 2.28. The van der Waals surface area contributed by atoms with Crippen LogP contribution < -0.4 is 5.73 Å². The highest BCUT2D eigenvalue weighted by atomic mass is 32.2. The molecule has 7 heteroatoms. The van der Waals surface area contributed by atoms with Gasteiger partial charge in [0.25, 0.3) is 10.0 Å². The van der Waals surface area contributed by atoms with Crippen LogP contribution in [-0.2, 0) is 10.0 Å². The van der Waals surface area contributed by atoms with E-state index in [-0.39, 0.29) is 16.8 Å². The van der Waals surface area contributed by atoms with Crippen molar-refractivity contribution in [2.45, 2.75) is 25.3 Å². The van der Waals surface area contributed by atoms with Crippen molar-refractivity contribution in [2.24, 2.45) is 5.92 Å². The lowest BCUT2D eigenvalue weighted by atomic mass is 10.1. The zero-order chi connectivity index (χ0) is 14.9. The van der Waals surface area contributed by atoms with E-state index in [0.717, 1.165) is 6.42 Å². The number of fused-ring (bicyclic) bond motifs is 1. The molecule has 0 aliphatic heterocycles. The fourth-order valence-electron chi connectivity index (χ4n) is 2.06. The smallest absolute Gasteiger partial charge is 0.262 e. The predicted octanol–water partition coefficient (Wildman–Crippen LogP) is 1.58. The molecule has 110 valence electrons. The van der Waals surface area contributed by atoms with Crippen molar-refractivity contribution in [1.29, 1.82) is 0 Å². The van der Waals surface area contributed by atoms with Gasteiger partial charge in [0.15, 0.2) is 10.8 Å². The summed E-state index contributed by atoms with van der Waals surface area (Å²) in [6, 6.07) is 5.27. The fraction of sp³-hybridized carbons (Fsp3) is 0.462. The summed E-state index contributed by atoms with van der Waals surface area (Å²) in [5.41, 5.74) is 6.33. The molecule has 0 radical (unpaired) electrons. The van der Waals surface area contributed by atoms with Crippen LogP contribution in [0.3, 0.4) is 0 Å². The minimum atomic E-state index is -3.65. The molecule has 2 rings (SSSR count). The summed E-state index contributed by atoms with van der Waals surface area (Å²) in [5, 5.41) is 0.0407. The third-order valence-corrected chi connectivity index (χ3v) is 5.30. The van der Waals surface area contributed by atoms with E-state index >= 15 is 0 Å². The topological polar surface area (TPSA) is 80.7 Å². The summed E-state index contributed by atoms with van der Waals surface area (Å²) in [5.74, 6) is 0.322. The van der Waals surface area contributed by atoms with Crippen LogP contribution in [0.15, 0.2) is 29.4 Å². The van der Waals surface area contributed by atoms with Gasteiger partial charge < -0.3 is 5.73 Å². The predicted molar refractivity (Wildman–Crippen MR) is 78.9 cm³/mol. The number of sulfonamides is 1. The van der Waals surface area contributed by atoms with E-state index in [1.165, 1.54) is 8.71 Å². The zero-order valence-corrected chi connectivity index (χ0v) is 12.8. The van der Waals surface area contributed by atoms with E-state index in [0.29, 0.717) is 12.2 Å². The summed E-state index contributed by atoms with van der Waals surface area (Å²) >= 11 is 0. The van der Waals surface area contributed by atoms with E-state index < -0.39 is 10.0 Å². The first kappa shape index (κ1) is 14.8. The van der Waals surface area contributed by atoms with Gasteiger partial charge in [-0.2, -0.15) is 4.31 Å². The molecule has 2 heterocycles. The van der Waals surface area contributed by atoms with Crippen LogP contribution in [0.5, 0.6) is 0 Å². The van der Waals surface area contributed by atoms with Gasteiger partial charge in [0.05, 0.1) is 0 Å². The lowest BCUT2D eigenvalue weighted by molar-refractivity contribution is 0.392. The number of nitrogens with zero attached hydrogens (tertiary/aromatic N) is 3. The van der Waals surface area contributed by atoms with Gasteiger partial charge in [0, 0.05) is 19.8 Å². The maximum absolute atomic E-state index is 12.7. The minimum Gasteiger partial charge on any atom is -0.381 e. The molecule has 2 aromatic heterocycles. The molecular weight excluding hydrogens is 276 g/mol. The van der Waals surface area contributed by atoms with Crippen LogP contribution >= 0.6 is 0 Å². The second-order valence-electron chi connectivity index (χ2n) is 5.03. The third-order valence-electron chi connectivity index (χ3n) is 3.43. The largest absolute Gasteiger partial charge is 0.381 e. The monoisotopic (exact) mass is 296 g/mol. The van der Waals surface area contributed by atoms with Crippen molar-refractivity contribution in [3.63, 3.8) is 0 Å². The Balaban J connectivity index is 2.49. The number of rotatable bonds is 5. The first-order valence-electron chi connectivity index (χ1n) is 6.56. The van der Waals surface area contributed by atoms with Crippen molar-refractivity contribution in [1.82, 2.24) is 13.7 Å². The van der Waals surface area contributed by atoms with Gasteiger partial charge in [-0.15, -0.1) is 0 Å². The van der Waals surface area contributed by atoms with E-state index in [1.807, 2.05) is 13.8 Å². The van der Waals surface area contributed by atoms with Crippen molar-refractivity contribution >= 4 is 21.5 Å². The highest BCUT2D eigenvalue weighted by molar-refractivity contribution is 7.89. The fourth-order valence-corrected chi connectivity index (χ4v) is 3.52. The number of hydrogen-bond acceptors (Lipinski definition) is 4. The lowest BCUT2D eigenvalue weighted by Crippen LogP contribution is -2.32. The van der Waals surface area contributed by atoms with Crippen molar-refractivity contribution in [2.75, 3.05) is 19.3 Å². The molecular formula is C13H20N4O2S. The molecule has 2 N–H and O–H groups in total. The normalized spacial score (nSPS) is 14.0. The van der Waals surface area contributed by atoms with Gasteiger partial charge >= 0.3 is 0 Å². The number of aromatic nitrogens is 2. The molecule has 1 unspecified atom stereocenters. The molecule has 1 atom stereocenters. The average molecular weight is 296 g/mol. The van der Waals surface area contributed by atoms with Crippen molar-refractivity contribution < 1.29 is 8.42 Å². The van der Waals surface area contributed by atoms with Crippen molar-refractivity contribution in [3.8, 4) is 0 Å². The number of hydrogen-bond donors (Lipinski definition) is 1. The first-order valence-corrected chi connectivity index (χ1v) is 8.00. The summed E-state index contributed by atoms with van der Waals surface area (Å²) in [4.78, 5) is 4.10. The lowest BCUT2D eigenvalue weighted by Gasteiger charge is -2.20. The Kier molecular flexibility index (Phi) is 4.01. The van der Waals surface area contributed by atoms with Crippen LogP contribution in [-0.4, -0.2) is 35.7 Å². The maximum atomic E-state index is 12.7. The Morgan fingerprint density at radius 2 is 2.15 bits per heavy atom. The van der Waals surface area contributed by atoms with E-state index in [4.69, 9.17) is 5.73 Å². The van der Waals surface area contributed by atoms with E-state index in [1.54, 1.807) is 31.4 Å². The summed E-state index contributed by atoms with van der Waals surface area (Å²) in [7, 11) is -2.08. The maximum Gasteiger partial charge on any atom is 0.262 e. The molecule has 0 aliphatic carbocycles. The summed E-state index contributed by atoms with van der Waals surface area (Å²) < 4.78 is 28.2. The third kappa shape index (κ3) is 2.51. The molecule has 0 aliphatic rings. The van der Waals surface area contributed by atoms with Crippen molar-refractivity contribution in [3.05, 3.63) is 24.4 Å². The van der Waals surface area contributed by atoms with Gasteiger partial charge in [0.2, 0.25) is 0 Å². The molecule has 0 spiro atoms. The molecule has 20 heavy (non-hydrogen) atoms. The van der Waals surface area contributed by atoms with Gasteiger partial charge in [-0.25, -0.2) is 13.4 Å². The zero-order valence-electron chi connectivity index (χ0n) is 11.9. The Morgan fingerprint density at radius 3 is 2.80 bits per heavy atom. The quantitative estimate of drug-likeness (QED) is 0.908. The molecule has 6 nitrogen and oxygen atoms in total. The Morgan fingerprint density at radius 1 is 1.45 bits per heavy atom. The second kappa shape index (κ2) is 5.41. The van der Waals surface area contributed by atoms with Gasteiger partial charge in [-0.05, 0) is 18.1 Å². The first-order chi connectivity index (χ1) is 9.37. The molecule has 0 bridgehead atoms. The molecule has 0 saturated heterocycles. The van der Waals surface area contributed by atoms with E-state index in [9.17, 15) is 8.42 Å². The molecule has 2 aromatic rings.